The molecule has 0 radical (unpaired) electrons. The fourth-order valence-corrected chi connectivity index (χ4v) is 2.65. The third-order valence-electron chi connectivity index (χ3n) is 2.82. The number of nitrogens with one attached hydrogen (secondary N) is 1. The summed E-state index contributed by atoms with van der Waals surface area (Å²) >= 11 is 1.26. The van der Waals surface area contributed by atoms with Crippen LogP contribution < -0.4 is 10.1 Å². The molecule has 0 aromatic carbocycles. The SMILES string of the molecule is N#Cc1csc(OC(=O)NC2CCCCC2)c1. The molecule has 1 saturated carbocycles. The monoisotopic (exact) mass is 250 g/mol. The quantitative estimate of drug-likeness (QED) is 0.877. The van der Waals surface area contributed by atoms with E-state index in [0.717, 1.165) is 12.8 Å². The highest BCUT2D eigenvalue weighted by Gasteiger charge is 2.17. The predicted octanol–water partition coefficient (Wildman–Crippen LogP) is 3.04. The molecule has 0 bridgehead atoms. The number of carbonyl (C=O) groups is 1. The van der Waals surface area contributed by atoms with Gasteiger partial charge in [-0.2, -0.15) is 5.26 Å². The minimum atomic E-state index is -0.414. The summed E-state index contributed by atoms with van der Waals surface area (Å²) in [5.74, 6) is 0. The second kappa shape index (κ2) is 5.69. The van der Waals surface area contributed by atoms with Gasteiger partial charge in [0.15, 0.2) is 5.06 Å². The van der Waals surface area contributed by atoms with Crippen molar-refractivity contribution < 1.29 is 9.53 Å². The fraction of sp³-hybridized carbons (Fsp3) is 0.500. The van der Waals surface area contributed by atoms with Gasteiger partial charge in [-0.3, -0.25) is 0 Å². The highest BCUT2D eigenvalue weighted by atomic mass is 32.1. The molecule has 0 saturated heterocycles. The lowest BCUT2D eigenvalue weighted by Crippen LogP contribution is -2.37. The van der Waals surface area contributed by atoms with E-state index in [4.69, 9.17) is 10.00 Å². The number of hydrogen-bond acceptors (Lipinski definition) is 4. The maximum absolute atomic E-state index is 11.6. The van der Waals surface area contributed by atoms with E-state index in [9.17, 15) is 4.79 Å². The molecule has 1 heterocycles. The molecular formula is C12H14N2O2S. The van der Waals surface area contributed by atoms with Gasteiger partial charge in [-0.1, -0.05) is 19.3 Å². The van der Waals surface area contributed by atoms with Gasteiger partial charge >= 0.3 is 6.09 Å². The molecule has 4 nitrogen and oxygen atoms in total. The van der Waals surface area contributed by atoms with Crippen molar-refractivity contribution in [2.24, 2.45) is 0 Å². The lowest BCUT2D eigenvalue weighted by molar-refractivity contribution is 0.193. The number of carbonyl (C=O) groups excluding carboxylic acids is 1. The van der Waals surface area contributed by atoms with Crippen LogP contribution in [0.15, 0.2) is 11.4 Å². The Hall–Kier alpha value is -1.54. The van der Waals surface area contributed by atoms with E-state index < -0.39 is 6.09 Å². The van der Waals surface area contributed by atoms with Crippen LogP contribution in [0, 0.1) is 11.3 Å². The van der Waals surface area contributed by atoms with Crippen LogP contribution in [-0.4, -0.2) is 12.1 Å². The van der Waals surface area contributed by atoms with Crippen LogP contribution in [0.5, 0.6) is 5.06 Å². The molecular weight excluding hydrogens is 236 g/mol. The third kappa shape index (κ3) is 3.46. The maximum Gasteiger partial charge on any atom is 0.413 e. The van der Waals surface area contributed by atoms with Gasteiger partial charge in [0.25, 0.3) is 0 Å². The number of nitriles is 1. The maximum atomic E-state index is 11.6. The first kappa shape index (κ1) is 11.9. The van der Waals surface area contributed by atoms with E-state index in [2.05, 4.69) is 5.32 Å². The summed E-state index contributed by atoms with van der Waals surface area (Å²) in [5, 5.41) is 13.6. The molecule has 0 spiro atoms. The molecule has 1 aliphatic rings. The number of nitrogens with zero attached hydrogens (tertiary/aromatic N) is 1. The molecule has 90 valence electrons. The Morgan fingerprint density at radius 3 is 2.88 bits per heavy atom. The Kier molecular flexibility index (Phi) is 3.99. The molecule has 1 aromatic heterocycles. The molecule has 0 unspecified atom stereocenters. The van der Waals surface area contributed by atoms with Crippen molar-refractivity contribution >= 4 is 17.4 Å². The zero-order valence-electron chi connectivity index (χ0n) is 9.44. The minimum Gasteiger partial charge on any atom is -0.399 e. The van der Waals surface area contributed by atoms with Gasteiger partial charge in [-0.15, -0.1) is 11.3 Å². The van der Waals surface area contributed by atoms with E-state index in [1.165, 1.54) is 30.6 Å². The molecule has 2 rings (SSSR count). The van der Waals surface area contributed by atoms with Crippen LogP contribution in [0.3, 0.4) is 0 Å². The average Bonchev–Trinajstić information content (AvgIpc) is 2.78. The van der Waals surface area contributed by atoms with Crippen molar-refractivity contribution in [2.75, 3.05) is 0 Å². The van der Waals surface area contributed by atoms with Crippen molar-refractivity contribution in [1.82, 2.24) is 5.32 Å². The molecule has 0 aliphatic heterocycles. The largest absolute Gasteiger partial charge is 0.413 e. The van der Waals surface area contributed by atoms with Crippen LogP contribution in [0.25, 0.3) is 0 Å². The molecule has 5 heteroatoms. The summed E-state index contributed by atoms with van der Waals surface area (Å²) in [6.07, 6.45) is 5.24. The summed E-state index contributed by atoms with van der Waals surface area (Å²) in [7, 11) is 0. The zero-order chi connectivity index (χ0) is 12.1. The van der Waals surface area contributed by atoms with Crippen LogP contribution >= 0.6 is 11.3 Å². The van der Waals surface area contributed by atoms with Crippen LogP contribution in [0.2, 0.25) is 0 Å². The second-order valence-electron chi connectivity index (χ2n) is 4.14. The van der Waals surface area contributed by atoms with Gasteiger partial charge in [0.1, 0.15) is 6.07 Å². The third-order valence-corrected chi connectivity index (χ3v) is 3.63. The number of ether oxygens (including phenoxy) is 1. The Labute approximate surface area is 104 Å². The highest BCUT2D eigenvalue weighted by molar-refractivity contribution is 7.12. The van der Waals surface area contributed by atoms with Crippen molar-refractivity contribution in [1.29, 1.82) is 5.26 Å². The second-order valence-corrected chi connectivity index (χ2v) is 5.01. The minimum absolute atomic E-state index is 0.242. The standard InChI is InChI=1S/C12H14N2O2S/c13-7-9-6-11(17-8-9)16-12(15)14-10-4-2-1-3-5-10/h6,8,10H,1-5H2,(H,14,15). The lowest BCUT2D eigenvalue weighted by Gasteiger charge is -2.21. The van der Waals surface area contributed by atoms with Gasteiger partial charge in [0, 0.05) is 17.5 Å². The van der Waals surface area contributed by atoms with Crippen LogP contribution in [0.1, 0.15) is 37.7 Å². The molecule has 1 aromatic rings. The number of hydrogen-bond donors (Lipinski definition) is 1. The van der Waals surface area contributed by atoms with Gasteiger partial charge in [0.2, 0.25) is 0 Å². The molecule has 1 fully saturated rings. The average molecular weight is 250 g/mol. The van der Waals surface area contributed by atoms with Gasteiger partial charge < -0.3 is 10.1 Å². The molecule has 17 heavy (non-hydrogen) atoms. The van der Waals surface area contributed by atoms with E-state index in [-0.39, 0.29) is 6.04 Å². The molecule has 1 amide bonds. The van der Waals surface area contributed by atoms with Crippen molar-refractivity contribution in [3.63, 3.8) is 0 Å². The summed E-state index contributed by atoms with van der Waals surface area (Å²) < 4.78 is 5.12. The zero-order valence-corrected chi connectivity index (χ0v) is 10.3. The van der Waals surface area contributed by atoms with E-state index in [0.29, 0.717) is 10.6 Å². The van der Waals surface area contributed by atoms with Crippen molar-refractivity contribution in [3.8, 4) is 11.1 Å². The summed E-state index contributed by atoms with van der Waals surface area (Å²) in [4.78, 5) is 11.6. The molecule has 1 N–H and O–H groups in total. The van der Waals surface area contributed by atoms with E-state index in [1.54, 1.807) is 11.4 Å². The first-order chi connectivity index (χ1) is 8.28. The van der Waals surface area contributed by atoms with Gasteiger partial charge in [-0.25, -0.2) is 4.79 Å². The Balaban J connectivity index is 1.82. The Bertz CT molecular complexity index is 430. The predicted molar refractivity (Wildman–Crippen MR) is 65.1 cm³/mol. The highest BCUT2D eigenvalue weighted by Crippen LogP contribution is 2.23. The van der Waals surface area contributed by atoms with Crippen LogP contribution in [0.4, 0.5) is 4.79 Å². The van der Waals surface area contributed by atoms with Gasteiger partial charge in [-0.05, 0) is 12.8 Å². The van der Waals surface area contributed by atoms with E-state index >= 15 is 0 Å². The van der Waals surface area contributed by atoms with E-state index in [1.807, 2.05) is 6.07 Å². The normalized spacial score (nSPS) is 16.2. The fourth-order valence-electron chi connectivity index (χ4n) is 1.96. The first-order valence-electron chi connectivity index (χ1n) is 5.75. The van der Waals surface area contributed by atoms with Crippen molar-refractivity contribution in [2.45, 2.75) is 38.1 Å². The smallest absolute Gasteiger partial charge is 0.399 e. The molecule has 1 aliphatic carbocycles. The first-order valence-corrected chi connectivity index (χ1v) is 6.63. The summed E-state index contributed by atoms with van der Waals surface area (Å²) in [6.45, 7) is 0. The number of thiophene rings is 1. The Morgan fingerprint density at radius 1 is 1.47 bits per heavy atom. The Morgan fingerprint density at radius 2 is 2.24 bits per heavy atom. The summed E-state index contributed by atoms with van der Waals surface area (Å²) in [6, 6.07) is 3.82. The topological polar surface area (TPSA) is 62.1 Å². The van der Waals surface area contributed by atoms with Gasteiger partial charge in [0.05, 0.1) is 5.56 Å². The summed E-state index contributed by atoms with van der Waals surface area (Å²) in [5.41, 5.74) is 0.524. The van der Waals surface area contributed by atoms with Crippen molar-refractivity contribution in [3.05, 3.63) is 17.0 Å². The molecule has 0 atom stereocenters. The lowest BCUT2D eigenvalue weighted by atomic mass is 9.96. The number of amides is 1. The van der Waals surface area contributed by atoms with Crippen LogP contribution in [-0.2, 0) is 0 Å². The number of rotatable bonds is 2.